The number of nitrogens with zero attached hydrogens (tertiary/aromatic N) is 1. The molecule has 0 spiro atoms. The summed E-state index contributed by atoms with van der Waals surface area (Å²) >= 11 is 0. The molecular weight excluding hydrogens is 214 g/mol. The van der Waals surface area contributed by atoms with Gasteiger partial charge in [-0.3, -0.25) is 4.98 Å². The Balaban J connectivity index is 2.37. The van der Waals surface area contributed by atoms with E-state index in [2.05, 4.69) is 4.98 Å². The van der Waals surface area contributed by atoms with Crippen molar-refractivity contribution in [1.82, 2.24) is 4.98 Å². The van der Waals surface area contributed by atoms with Gasteiger partial charge in [-0.1, -0.05) is 6.07 Å². The molecule has 0 saturated heterocycles. The molecule has 0 saturated carbocycles. The van der Waals surface area contributed by atoms with Crippen LogP contribution >= 0.6 is 0 Å². The van der Waals surface area contributed by atoms with Crippen LogP contribution in [0.5, 0.6) is 5.75 Å². The second-order valence-electron chi connectivity index (χ2n) is 3.67. The van der Waals surface area contributed by atoms with Gasteiger partial charge >= 0.3 is 0 Å². The summed E-state index contributed by atoms with van der Waals surface area (Å²) in [5.41, 5.74) is 3.11. The van der Waals surface area contributed by atoms with Gasteiger partial charge in [-0.05, 0) is 30.3 Å². The van der Waals surface area contributed by atoms with Gasteiger partial charge in [0.05, 0.1) is 19.4 Å². The predicted molar refractivity (Wildman–Crippen MR) is 66.9 cm³/mol. The second kappa shape index (κ2) is 5.46. The maximum atomic E-state index is 5.17. The molecule has 0 fully saturated rings. The van der Waals surface area contributed by atoms with Crippen molar-refractivity contribution in [2.45, 2.75) is 6.61 Å². The van der Waals surface area contributed by atoms with Gasteiger partial charge in [-0.2, -0.15) is 0 Å². The fraction of sp³-hybridized carbons (Fsp3) is 0.214. The Morgan fingerprint density at radius 3 is 2.47 bits per heavy atom. The molecule has 0 amide bonds. The topological polar surface area (TPSA) is 31.4 Å². The first kappa shape index (κ1) is 11.6. The van der Waals surface area contributed by atoms with Crippen LogP contribution in [0.1, 0.15) is 5.56 Å². The average Bonchev–Trinajstić information content (AvgIpc) is 2.40. The lowest BCUT2D eigenvalue weighted by molar-refractivity contribution is 0.185. The molecule has 1 aromatic heterocycles. The van der Waals surface area contributed by atoms with Crippen LogP contribution < -0.4 is 4.74 Å². The van der Waals surface area contributed by atoms with E-state index in [0.717, 1.165) is 22.6 Å². The lowest BCUT2D eigenvalue weighted by Gasteiger charge is -2.08. The number of hydrogen-bond acceptors (Lipinski definition) is 3. The molecule has 1 aromatic carbocycles. The maximum Gasteiger partial charge on any atom is 0.118 e. The number of ether oxygens (including phenoxy) is 2. The number of rotatable bonds is 4. The van der Waals surface area contributed by atoms with E-state index < -0.39 is 0 Å². The summed E-state index contributed by atoms with van der Waals surface area (Å²) in [5.74, 6) is 0.845. The Hall–Kier alpha value is -1.87. The Labute approximate surface area is 101 Å². The molecule has 0 aliphatic heterocycles. The van der Waals surface area contributed by atoms with Crippen LogP contribution in [0.15, 0.2) is 42.6 Å². The minimum atomic E-state index is 0.565. The second-order valence-corrected chi connectivity index (χ2v) is 3.67. The van der Waals surface area contributed by atoms with Crippen LogP contribution in [-0.4, -0.2) is 19.2 Å². The van der Waals surface area contributed by atoms with Gasteiger partial charge < -0.3 is 9.47 Å². The third-order valence-electron chi connectivity index (χ3n) is 2.55. The van der Waals surface area contributed by atoms with E-state index in [4.69, 9.17) is 9.47 Å². The van der Waals surface area contributed by atoms with Crippen LogP contribution in [0.3, 0.4) is 0 Å². The van der Waals surface area contributed by atoms with Gasteiger partial charge in [0.2, 0.25) is 0 Å². The number of hydrogen-bond donors (Lipinski definition) is 0. The van der Waals surface area contributed by atoms with E-state index in [1.807, 2.05) is 36.4 Å². The highest BCUT2D eigenvalue weighted by Crippen LogP contribution is 2.23. The fourth-order valence-corrected chi connectivity index (χ4v) is 1.72. The van der Waals surface area contributed by atoms with E-state index in [-0.39, 0.29) is 0 Å². The third kappa shape index (κ3) is 2.63. The summed E-state index contributed by atoms with van der Waals surface area (Å²) in [6.45, 7) is 0.565. The van der Waals surface area contributed by atoms with Crippen LogP contribution in [0.2, 0.25) is 0 Å². The number of pyridine rings is 1. The minimum absolute atomic E-state index is 0.565. The third-order valence-corrected chi connectivity index (χ3v) is 2.55. The van der Waals surface area contributed by atoms with Gasteiger partial charge in [0.25, 0.3) is 0 Å². The van der Waals surface area contributed by atoms with Gasteiger partial charge in [0, 0.05) is 24.4 Å². The van der Waals surface area contributed by atoms with Crippen molar-refractivity contribution in [2.24, 2.45) is 0 Å². The molecule has 2 aromatic rings. The van der Waals surface area contributed by atoms with E-state index in [1.54, 1.807) is 20.4 Å². The first-order chi connectivity index (χ1) is 8.35. The van der Waals surface area contributed by atoms with Gasteiger partial charge in [-0.25, -0.2) is 0 Å². The van der Waals surface area contributed by atoms with Crippen molar-refractivity contribution < 1.29 is 9.47 Å². The summed E-state index contributed by atoms with van der Waals surface area (Å²) in [5, 5.41) is 0. The number of aromatic nitrogens is 1. The molecule has 0 N–H and O–H groups in total. The van der Waals surface area contributed by atoms with Crippen molar-refractivity contribution in [2.75, 3.05) is 14.2 Å². The van der Waals surface area contributed by atoms with Crippen molar-refractivity contribution >= 4 is 0 Å². The monoisotopic (exact) mass is 229 g/mol. The van der Waals surface area contributed by atoms with Crippen LogP contribution in [0.25, 0.3) is 11.3 Å². The zero-order valence-electron chi connectivity index (χ0n) is 10.0. The Kier molecular flexibility index (Phi) is 3.73. The molecule has 0 unspecified atom stereocenters. The molecular formula is C14H15NO2. The summed E-state index contributed by atoms with van der Waals surface area (Å²) in [4.78, 5) is 4.40. The number of methoxy groups -OCH3 is 2. The lowest BCUT2D eigenvalue weighted by Crippen LogP contribution is -1.94. The zero-order valence-corrected chi connectivity index (χ0v) is 10.0. The van der Waals surface area contributed by atoms with E-state index in [1.165, 1.54) is 0 Å². The summed E-state index contributed by atoms with van der Waals surface area (Å²) in [6.07, 6.45) is 1.79. The van der Waals surface area contributed by atoms with Crippen molar-refractivity contribution in [1.29, 1.82) is 0 Å². The van der Waals surface area contributed by atoms with Gasteiger partial charge in [0.1, 0.15) is 5.75 Å². The Bertz CT molecular complexity index is 480. The molecule has 0 aliphatic carbocycles. The highest BCUT2D eigenvalue weighted by Gasteiger charge is 2.05. The summed E-state index contributed by atoms with van der Waals surface area (Å²) < 4.78 is 10.3. The predicted octanol–water partition coefficient (Wildman–Crippen LogP) is 2.90. The Morgan fingerprint density at radius 1 is 1.06 bits per heavy atom. The molecule has 17 heavy (non-hydrogen) atoms. The molecule has 3 nitrogen and oxygen atoms in total. The van der Waals surface area contributed by atoms with E-state index in [0.29, 0.717) is 6.61 Å². The molecule has 3 heteroatoms. The zero-order chi connectivity index (χ0) is 12.1. The average molecular weight is 229 g/mol. The number of benzene rings is 1. The smallest absolute Gasteiger partial charge is 0.118 e. The molecule has 88 valence electrons. The van der Waals surface area contributed by atoms with E-state index >= 15 is 0 Å². The molecule has 2 rings (SSSR count). The molecule has 0 radical (unpaired) electrons. The Morgan fingerprint density at radius 2 is 1.82 bits per heavy atom. The van der Waals surface area contributed by atoms with Crippen molar-refractivity contribution in [3.63, 3.8) is 0 Å². The highest BCUT2D eigenvalue weighted by atomic mass is 16.5. The summed E-state index contributed by atoms with van der Waals surface area (Å²) in [7, 11) is 3.34. The fourth-order valence-electron chi connectivity index (χ4n) is 1.72. The standard InChI is InChI=1S/C14H15NO2/c1-16-10-12-4-3-9-15-14(12)11-5-7-13(17-2)8-6-11/h3-9H,10H2,1-2H3. The van der Waals surface area contributed by atoms with E-state index in [9.17, 15) is 0 Å². The van der Waals surface area contributed by atoms with Gasteiger partial charge in [0.15, 0.2) is 0 Å². The van der Waals surface area contributed by atoms with Crippen LogP contribution in [-0.2, 0) is 11.3 Å². The molecule has 0 bridgehead atoms. The largest absolute Gasteiger partial charge is 0.497 e. The van der Waals surface area contributed by atoms with Crippen LogP contribution in [0.4, 0.5) is 0 Å². The molecule has 0 aliphatic rings. The first-order valence-electron chi connectivity index (χ1n) is 5.42. The summed E-state index contributed by atoms with van der Waals surface area (Å²) in [6, 6.07) is 11.8. The molecule has 0 atom stereocenters. The normalized spacial score (nSPS) is 10.2. The quantitative estimate of drug-likeness (QED) is 0.807. The highest BCUT2D eigenvalue weighted by molar-refractivity contribution is 5.63. The lowest BCUT2D eigenvalue weighted by atomic mass is 10.1. The maximum absolute atomic E-state index is 5.17. The van der Waals surface area contributed by atoms with Gasteiger partial charge in [-0.15, -0.1) is 0 Å². The SMILES string of the molecule is COCc1cccnc1-c1ccc(OC)cc1. The molecule has 1 heterocycles. The minimum Gasteiger partial charge on any atom is -0.497 e. The first-order valence-corrected chi connectivity index (χ1v) is 5.42. The van der Waals surface area contributed by atoms with Crippen molar-refractivity contribution in [3.05, 3.63) is 48.2 Å². The van der Waals surface area contributed by atoms with Crippen LogP contribution in [0, 0.1) is 0 Å². The van der Waals surface area contributed by atoms with Crippen molar-refractivity contribution in [3.8, 4) is 17.0 Å².